The molecule has 0 unspecified atom stereocenters. The van der Waals surface area contributed by atoms with Gasteiger partial charge in [0.25, 0.3) is 0 Å². The van der Waals surface area contributed by atoms with Gasteiger partial charge in [-0.2, -0.15) is 0 Å². The molecule has 1 saturated heterocycles. The monoisotopic (exact) mass is 363 g/mol. The van der Waals surface area contributed by atoms with Gasteiger partial charge in [0.05, 0.1) is 12.3 Å². The molecule has 0 radical (unpaired) electrons. The maximum Gasteiger partial charge on any atom is 0.170 e. The van der Waals surface area contributed by atoms with Gasteiger partial charge in [0, 0.05) is 17.3 Å². The minimum absolute atomic E-state index is 0.199. The molecule has 1 atom stereocenters. The van der Waals surface area contributed by atoms with Crippen molar-refractivity contribution in [2.24, 2.45) is 0 Å². The van der Waals surface area contributed by atoms with Crippen LogP contribution < -0.4 is 10.6 Å². The minimum Gasteiger partial charge on any atom is -0.468 e. The summed E-state index contributed by atoms with van der Waals surface area (Å²) >= 11 is 11.3. The van der Waals surface area contributed by atoms with E-state index in [-0.39, 0.29) is 6.04 Å². The van der Waals surface area contributed by atoms with E-state index in [0.29, 0.717) is 16.7 Å². The molecular formula is C18H22ClN3OS. The van der Waals surface area contributed by atoms with E-state index in [1.165, 1.54) is 19.3 Å². The van der Waals surface area contributed by atoms with Crippen molar-refractivity contribution >= 4 is 34.6 Å². The highest BCUT2D eigenvalue weighted by molar-refractivity contribution is 7.80. The average Bonchev–Trinajstić information content (AvgIpc) is 3.12. The number of furan rings is 1. The fraction of sp³-hybridized carbons (Fsp3) is 0.389. The molecule has 0 aliphatic carbocycles. The minimum atomic E-state index is 0.199. The van der Waals surface area contributed by atoms with Crippen LogP contribution in [0.15, 0.2) is 47.1 Å². The molecule has 2 heterocycles. The predicted molar refractivity (Wildman–Crippen MR) is 103 cm³/mol. The second-order valence-corrected chi connectivity index (χ2v) is 6.81. The van der Waals surface area contributed by atoms with Crippen molar-refractivity contribution in [1.29, 1.82) is 0 Å². The highest BCUT2D eigenvalue weighted by atomic mass is 35.5. The zero-order valence-corrected chi connectivity index (χ0v) is 15.1. The Morgan fingerprint density at radius 1 is 1.17 bits per heavy atom. The van der Waals surface area contributed by atoms with Crippen molar-refractivity contribution in [3.05, 3.63) is 53.4 Å². The number of benzene rings is 1. The van der Waals surface area contributed by atoms with E-state index in [9.17, 15) is 0 Å². The van der Waals surface area contributed by atoms with Gasteiger partial charge in [0.1, 0.15) is 5.76 Å². The Balaban J connectivity index is 1.58. The van der Waals surface area contributed by atoms with Crippen molar-refractivity contribution < 1.29 is 4.42 Å². The molecule has 0 amide bonds. The lowest BCUT2D eigenvalue weighted by Crippen LogP contribution is -2.41. The van der Waals surface area contributed by atoms with Gasteiger partial charge in [-0.15, -0.1) is 0 Å². The SMILES string of the molecule is S=C(NC[C@@H](c1ccco1)N1CCCCC1)Nc1ccc(Cl)cc1. The van der Waals surface area contributed by atoms with E-state index in [0.717, 1.165) is 24.5 Å². The smallest absolute Gasteiger partial charge is 0.170 e. The van der Waals surface area contributed by atoms with Gasteiger partial charge in [0.2, 0.25) is 0 Å². The van der Waals surface area contributed by atoms with Crippen molar-refractivity contribution in [3.8, 4) is 0 Å². The topological polar surface area (TPSA) is 40.4 Å². The second kappa shape index (κ2) is 8.51. The Bertz CT molecular complexity index is 639. The molecule has 128 valence electrons. The number of halogens is 1. The Labute approximate surface area is 153 Å². The first-order valence-electron chi connectivity index (χ1n) is 8.30. The highest BCUT2D eigenvalue weighted by Crippen LogP contribution is 2.24. The summed E-state index contributed by atoms with van der Waals surface area (Å²) in [6, 6.07) is 11.7. The molecule has 1 fully saturated rings. The molecular weight excluding hydrogens is 342 g/mol. The number of nitrogens with one attached hydrogen (secondary N) is 2. The third-order valence-corrected chi connectivity index (χ3v) is 4.76. The number of hydrogen-bond acceptors (Lipinski definition) is 3. The van der Waals surface area contributed by atoms with Crippen molar-refractivity contribution in [3.63, 3.8) is 0 Å². The third-order valence-electron chi connectivity index (χ3n) is 4.26. The van der Waals surface area contributed by atoms with Crippen LogP contribution in [-0.2, 0) is 0 Å². The van der Waals surface area contributed by atoms with Gasteiger partial charge >= 0.3 is 0 Å². The first-order chi connectivity index (χ1) is 11.7. The molecule has 4 nitrogen and oxygen atoms in total. The first-order valence-corrected chi connectivity index (χ1v) is 9.09. The fourth-order valence-corrected chi connectivity index (χ4v) is 3.35. The van der Waals surface area contributed by atoms with Crippen LogP contribution in [0, 0.1) is 0 Å². The number of nitrogens with zero attached hydrogens (tertiary/aromatic N) is 1. The molecule has 1 aliphatic heterocycles. The Morgan fingerprint density at radius 3 is 2.58 bits per heavy atom. The van der Waals surface area contributed by atoms with Crippen LogP contribution in [0.1, 0.15) is 31.1 Å². The zero-order chi connectivity index (χ0) is 16.8. The van der Waals surface area contributed by atoms with Gasteiger partial charge < -0.3 is 15.1 Å². The predicted octanol–water partition coefficient (Wildman–Crippen LogP) is 4.45. The normalized spacial score (nSPS) is 16.5. The summed E-state index contributed by atoms with van der Waals surface area (Å²) < 4.78 is 5.65. The Morgan fingerprint density at radius 2 is 1.92 bits per heavy atom. The quantitative estimate of drug-likeness (QED) is 0.768. The molecule has 2 N–H and O–H groups in total. The molecule has 1 aromatic heterocycles. The molecule has 0 bridgehead atoms. The summed E-state index contributed by atoms with van der Waals surface area (Å²) in [5, 5.41) is 7.82. The summed E-state index contributed by atoms with van der Waals surface area (Å²) in [5.41, 5.74) is 0.921. The zero-order valence-electron chi connectivity index (χ0n) is 13.5. The van der Waals surface area contributed by atoms with Crippen LogP contribution in [0.25, 0.3) is 0 Å². The van der Waals surface area contributed by atoms with E-state index >= 15 is 0 Å². The molecule has 2 aromatic rings. The standard InChI is InChI=1S/C18H22ClN3OS/c19-14-6-8-15(9-7-14)21-18(24)20-13-16(17-5-4-12-23-17)22-10-2-1-3-11-22/h4-9,12,16H,1-3,10-11,13H2,(H2,20,21,24)/t16-/m0/s1. The van der Waals surface area contributed by atoms with Gasteiger partial charge in [-0.25, -0.2) is 0 Å². The number of rotatable bonds is 5. The van der Waals surface area contributed by atoms with Gasteiger partial charge in [-0.05, 0) is 74.5 Å². The number of anilines is 1. The summed E-state index contributed by atoms with van der Waals surface area (Å²) in [6.07, 6.45) is 5.53. The summed E-state index contributed by atoms with van der Waals surface area (Å²) in [6.45, 7) is 2.92. The van der Waals surface area contributed by atoms with Crippen LogP contribution in [0.4, 0.5) is 5.69 Å². The molecule has 0 saturated carbocycles. The van der Waals surface area contributed by atoms with E-state index in [2.05, 4.69) is 15.5 Å². The number of piperidine rings is 1. The van der Waals surface area contributed by atoms with Crippen molar-refractivity contribution in [2.75, 3.05) is 25.0 Å². The largest absolute Gasteiger partial charge is 0.468 e. The van der Waals surface area contributed by atoms with Gasteiger partial charge in [-0.1, -0.05) is 18.0 Å². The lowest BCUT2D eigenvalue weighted by molar-refractivity contribution is 0.146. The first kappa shape index (κ1) is 17.3. The van der Waals surface area contributed by atoms with Crippen LogP contribution >= 0.6 is 23.8 Å². The fourth-order valence-electron chi connectivity index (χ4n) is 3.02. The molecule has 6 heteroatoms. The average molecular weight is 364 g/mol. The Hall–Kier alpha value is -1.56. The lowest BCUT2D eigenvalue weighted by atomic mass is 10.1. The molecule has 1 aromatic carbocycles. The third kappa shape index (κ3) is 4.72. The van der Waals surface area contributed by atoms with Crippen molar-refractivity contribution in [1.82, 2.24) is 10.2 Å². The summed E-state index contributed by atoms with van der Waals surface area (Å²) in [4.78, 5) is 2.47. The van der Waals surface area contributed by atoms with Gasteiger partial charge in [0.15, 0.2) is 5.11 Å². The molecule has 3 rings (SSSR count). The van der Waals surface area contributed by atoms with Gasteiger partial charge in [-0.3, -0.25) is 4.90 Å². The highest BCUT2D eigenvalue weighted by Gasteiger charge is 2.24. The molecule has 24 heavy (non-hydrogen) atoms. The van der Waals surface area contributed by atoms with Crippen LogP contribution in [0.5, 0.6) is 0 Å². The van der Waals surface area contributed by atoms with Crippen LogP contribution in [0.3, 0.4) is 0 Å². The number of thiocarbonyl (C=S) groups is 1. The van der Waals surface area contributed by atoms with Crippen LogP contribution in [-0.4, -0.2) is 29.6 Å². The second-order valence-electron chi connectivity index (χ2n) is 5.97. The number of hydrogen-bond donors (Lipinski definition) is 2. The Kier molecular flexibility index (Phi) is 6.12. The summed E-state index contributed by atoms with van der Waals surface area (Å²) in [7, 11) is 0. The summed E-state index contributed by atoms with van der Waals surface area (Å²) in [5.74, 6) is 0.985. The maximum atomic E-state index is 5.90. The van der Waals surface area contributed by atoms with Crippen molar-refractivity contribution in [2.45, 2.75) is 25.3 Å². The van der Waals surface area contributed by atoms with E-state index < -0.39 is 0 Å². The van der Waals surface area contributed by atoms with Crippen LogP contribution in [0.2, 0.25) is 5.02 Å². The van der Waals surface area contributed by atoms with E-state index in [1.54, 1.807) is 6.26 Å². The van der Waals surface area contributed by atoms with E-state index in [1.807, 2.05) is 36.4 Å². The molecule has 1 aliphatic rings. The lowest BCUT2D eigenvalue weighted by Gasteiger charge is -2.33. The molecule has 0 spiro atoms. The maximum absolute atomic E-state index is 5.90. The van der Waals surface area contributed by atoms with E-state index in [4.69, 9.17) is 28.2 Å². The number of likely N-dealkylation sites (tertiary alicyclic amines) is 1.